The van der Waals surface area contributed by atoms with E-state index in [-0.39, 0.29) is 5.91 Å². The SMILES string of the molecule is Cc1onc(-c2ccncc2)c1C(=O)NCc1ccc(N(C)C)cc1. The molecule has 1 aromatic carbocycles. The largest absolute Gasteiger partial charge is 0.378 e. The molecule has 1 N–H and O–H groups in total. The van der Waals surface area contributed by atoms with Crippen molar-refractivity contribution >= 4 is 11.6 Å². The van der Waals surface area contributed by atoms with Crippen molar-refractivity contribution in [3.05, 3.63) is 65.7 Å². The molecule has 6 heteroatoms. The molecule has 0 aliphatic heterocycles. The van der Waals surface area contributed by atoms with Crippen LogP contribution in [-0.4, -0.2) is 30.1 Å². The van der Waals surface area contributed by atoms with Crippen molar-refractivity contribution in [3.8, 4) is 11.3 Å². The molecule has 2 aromatic heterocycles. The summed E-state index contributed by atoms with van der Waals surface area (Å²) >= 11 is 0. The number of hydrogen-bond acceptors (Lipinski definition) is 5. The van der Waals surface area contributed by atoms with Gasteiger partial charge >= 0.3 is 0 Å². The van der Waals surface area contributed by atoms with Crippen LogP contribution in [0.2, 0.25) is 0 Å². The predicted molar refractivity (Wildman–Crippen MR) is 96.4 cm³/mol. The zero-order valence-electron chi connectivity index (χ0n) is 14.5. The number of carbonyl (C=O) groups excluding carboxylic acids is 1. The van der Waals surface area contributed by atoms with Crippen molar-refractivity contribution in [1.82, 2.24) is 15.5 Å². The topological polar surface area (TPSA) is 71.3 Å². The van der Waals surface area contributed by atoms with Gasteiger partial charge in [-0.3, -0.25) is 9.78 Å². The molecule has 25 heavy (non-hydrogen) atoms. The molecule has 0 radical (unpaired) electrons. The van der Waals surface area contributed by atoms with E-state index >= 15 is 0 Å². The highest BCUT2D eigenvalue weighted by atomic mass is 16.5. The molecule has 0 atom stereocenters. The molecule has 0 aliphatic rings. The molecule has 3 aromatic rings. The van der Waals surface area contributed by atoms with Crippen LogP contribution in [0.4, 0.5) is 5.69 Å². The first kappa shape index (κ1) is 16.7. The summed E-state index contributed by atoms with van der Waals surface area (Å²) in [6.45, 7) is 2.17. The second kappa shape index (κ2) is 7.17. The summed E-state index contributed by atoms with van der Waals surface area (Å²) in [6.07, 6.45) is 3.32. The molecule has 1 amide bonds. The quantitative estimate of drug-likeness (QED) is 0.775. The molecular formula is C19H20N4O2. The lowest BCUT2D eigenvalue weighted by Gasteiger charge is -2.13. The molecule has 128 valence electrons. The molecule has 0 spiro atoms. The van der Waals surface area contributed by atoms with Crippen molar-refractivity contribution in [2.45, 2.75) is 13.5 Å². The molecule has 0 saturated carbocycles. The van der Waals surface area contributed by atoms with Crippen LogP contribution in [0.3, 0.4) is 0 Å². The molecule has 0 unspecified atom stereocenters. The highest BCUT2D eigenvalue weighted by Crippen LogP contribution is 2.24. The number of rotatable bonds is 5. The number of anilines is 1. The first-order chi connectivity index (χ1) is 12.1. The molecule has 2 heterocycles. The van der Waals surface area contributed by atoms with E-state index in [0.29, 0.717) is 23.6 Å². The Bertz CT molecular complexity index is 855. The molecule has 3 rings (SSSR count). The van der Waals surface area contributed by atoms with E-state index in [0.717, 1.165) is 16.8 Å². The van der Waals surface area contributed by atoms with Gasteiger partial charge in [-0.25, -0.2) is 0 Å². The van der Waals surface area contributed by atoms with Crippen LogP contribution in [0.5, 0.6) is 0 Å². The highest BCUT2D eigenvalue weighted by Gasteiger charge is 2.21. The first-order valence-electron chi connectivity index (χ1n) is 7.97. The van der Waals surface area contributed by atoms with E-state index in [4.69, 9.17) is 4.52 Å². The zero-order valence-corrected chi connectivity index (χ0v) is 14.5. The lowest BCUT2D eigenvalue weighted by Crippen LogP contribution is -2.23. The van der Waals surface area contributed by atoms with Crippen molar-refractivity contribution in [3.63, 3.8) is 0 Å². The minimum atomic E-state index is -0.206. The molecule has 0 saturated heterocycles. The first-order valence-corrected chi connectivity index (χ1v) is 7.97. The lowest BCUT2D eigenvalue weighted by molar-refractivity contribution is 0.0950. The van der Waals surface area contributed by atoms with Crippen LogP contribution in [0.25, 0.3) is 11.3 Å². The maximum atomic E-state index is 12.6. The Balaban J connectivity index is 1.75. The Morgan fingerprint density at radius 1 is 1.12 bits per heavy atom. The summed E-state index contributed by atoms with van der Waals surface area (Å²) in [6, 6.07) is 11.6. The van der Waals surface area contributed by atoms with Gasteiger partial charge < -0.3 is 14.7 Å². The average Bonchev–Trinajstić information content (AvgIpc) is 3.02. The molecule has 0 bridgehead atoms. The fourth-order valence-corrected chi connectivity index (χ4v) is 2.53. The fourth-order valence-electron chi connectivity index (χ4n) is 2.53. The Labute approximate surface area is 146 Å². The van der Waals surface area contributed by atoms with Crippen molar-refractivity contribution in [1.29, 1.82) is 0 Å². The van der Waals surface area contributed by atoms with E-state index < -0.39 is 0 Å². The van der Waals surface area contributed by atoms with Gasteiger partial charge in [-0.1, -0.05) is 17.3 Å². The maximum Gasteiger partial charge on any atom is 0.257 e. The third-order valence-corrected chi connectivity index (χ3v) is 3.95. The van der Waals surface area contributed by atoms with Gasteiger partial charge in [0.25, 0.3) is 5.91 Å². The van der Waals surface area contributed by atoms with Gasteiger partial charge in [-0.05, 0) is 36.8 Å². The van der Waals surface area contributed by atoms with E-state index in [1.165, 1.54) is 0 Å². The number of benzene rings is 1. The maximum absolute atomic E-state index is 12.6. The monoisotopic (exact) mass is 336 g/mol. The van der Waals surface area contributed by atoms with E-state index in [1.807, 2.05) is 43.3 Å². The third kappa shape index (κ3) is 3.68. The molecule has 0 fully saturated rings. The van der Waals surface area contributed by atoms with Crippen molar-refractivity contribution in [2.24, 2.45) is 0 Å². The zero-order chi connectivity index (χ0) is 17.8. The van der Waals surface area contributed by atoms with Gasteiger partial charge in [0.05, 0.1) is 0 Å². The number of aryl methyl sites for hydroxylation is 1. The second-order valence-electron chi connectivity index (χ2n) is 5.94. The van der Waals surface area contributed by atoms with Crippen LogP contribution in [-0.2, 0) is 6.54 Å². The summed E-state index contributed by atoms with van der Waals surface area (Å²) in [5.74, 6) is 0.287. The number of nitrogens with zero attached hydrogens (tertiary/aromatic N) is 3. The summed E-state index contributed by atoms with van der Waals surface area (Å²) in [4.78, 5) is 18.7. The molecular weight excluding hydrogens is 316 g/mol. The van der Waals surface area contributed by atoms with Crippen LogP contribution < -0.4 is 10.2 Å². The molecule has 0 aliphatic carbocycles. The van der Waals surface area contributed by atoms with Crippen LogP contribution in [0, 0.1) is 6.92 Å². The number of hydrogen-bond donors (Lipinski definition) is 1. The summed E-state index contributed by atoms with van der Waals surface area (Å²) in [5, 5.41) is 6.96. The number of carbonyl (C=O) groups is 1. The van der Waals surface area contributed by atoms with Crippen molar-refractivity contribution < 1.29 is 9.32 Å². The Morgan fingerprint density at radius 2 is 1.80 bits per heavy atom. The predicted octanol–water partition coefficient (Wildman–Crippen LogP) is 3.04. The highest BCUT2D eigenvalue weighted by molar-refractivity contribution is 6.00. The standard InChI is InChI=1S/C19H20N4O2/c1-13-17(18(22-25-13)15-8-10-20-11-9-15)19(24)21-12-14-4-6-16(7-5-14)23(2)3/h4-11H,12H2,1-3H3,(H,21,24). The number of aromatic nitrogens is 2. The van der Waals surface area contributed by atoms with Crippen LogP contribution in [0.1, 0.15) is 21.7 Å². The van der Waals surface area contributed by atoms with Gasteiger partial charge in [0.2, 0.25) is 0 Å². The normalized spacial score (nSPS) is 10.5. The van der Waals surface area contributed by atoms with E-state index in [1.54, 1.807) is 31.5 Å². The van der Waals surface area contributed by atoms with Gasteiger partial charge in [-0.15, -0.1) is 0 Å². The van der Waals surface area contributed by atoms with Crippen molar-refractivity contribution in [2.75, 3.05) is 19.0 Å². The summed E-state index contributed by atoms with van der Waals surface area (Å²) in [5.41, 5.74) is 3.92. The van der Waals surface area contributed by atoms with Gasteiger partial charge in [0.15, 0.2) is 0 Å². The van der Waals surface area contributed by atoms with E-state index in [9.17, 15) is 4.79 Å². The number of amides is 1. The third-order valence-electron chi connectivity index (χ3n) is 3.95. The fraction of sp³-hybridized carbons (Fsp3) is 0.211. The summed E-state index contributed by atoms with van der Waals surface area (Å²) < 4.78 is 5.23. The smallest absolute Gasteiger partial charge is 0.257 e. The summed E-state index contributed by atoms with van der Waals surface area (Å²) in [7, 11) is 3.98. The van der Waals surface area contributed by atoms with Crippen LogP contribution in [0.15, 0.2) is 53.3 Å². The lowest BCUT2D eigenvalue weighted by atomic mass is 10.1. The minimum Gasteiger partial charge on any atom is -0.378 e. The van der Waals surface area contributed by atoms with Gasteiger partial charge in [0.1, 0.15) is 17.0 Å². The van der Waals surface area contributed by atoms with Gasteiger partial charge in [0, 0.05) is 44.3 Å². The average molecular weight is 336 g/mol. The van der Waals surface area contributed by atoms with Crippen LogP contribution >= 0.6 is 0 Å². The minimum absolute atomic E-state index is 0.206. The number of pyridine rings is 1. The Hall–Kier alpha value is -3.15. The Morgan fingerprint density at radius 3 is 2.44 bits per heavy atom. The van der Waals surface area contributed by atoms with E-state index in [2.05, 4.69) is 15.5 Å². The number of nitrogens with one attached hydrogen (secondary N) is 1. The second-order valence-corrected chi connectivity index (χ2v) is 5.94. The Kier molecular flexibility index (Phi) is 4.79. The van der Waals surface area contributed by atoms with Gasteiger partial charge in [-0.2, -0.15) is 0 Å². The molecule has 6 nitrogen and oxygen atoms in total.